The minimum Gasteiger partial charge on any atom is -0.507 e. The molecule has 31 heavy (non-hydrogen) atoms. The molecule has 1 amide bonds. The molecule has 0 saturated carbocycles. The average molecular weight is 421 g/mol. The summed E-state index contributed by atoms with van der Waals surface area (Å²) in [6, 6.07) is 8.62. The van der Waals surface area contributed by atoms with Gasteiger partial charge in [0.05, 0.1) is 24.8 Å². The van der Waals surface area contributed by atoms with E-state index in [1.54, 1.807) is 29.4 Å². The van der Waals surface area contributed by atoms with Crippen LogP contribution >= 0.6 is 0 Å². The Morgan fingerprint density at radius 3 is 2.52 bits per heavy atom. The number of hydrogen-bond donors (Lipinski definition) is 1. The molecule has 2 aliphatic heterocycles. The fourth-order valence-corrected chi connectivity index (χ4v) is 4.21. The number of nitrogens with zero attached hydrogens (tertiary/aromatic N) is 3. The second kappa shape index (κ2) is 8.99. The van der Waals surface area contributed by atoms with Gasteiger partial charge >= 0.3 is 0 Å². The average Bonchev–Trinajstić information content (AvgIpc) is 3.05. The summed E-state index contributed by atoms with van der Waals surface area (Å²) in [5.41, 5.74) is 3.27. The Bertz CT molecular complexity index is 1010. The van der Waals surface area contributed by atoms with Crippen molar-refractivity contribution < 1.29 is 19.4 Å². The van der Waals surface area contributed by atoms with Crippen molar-refractivity contribution in [2.24, 2.45) is 0 Å². The Hall–Kier alpha value is -3.03. The van der Waals surface area contributed by atoms with Crippen LogP contribution in [0.4, 0.5) is 0 Å². The number of benzene rings is 1. The topological polar surface area (TPSA) is 83.0 Å². The Balaban J connectivity index is 1.75. The molecule has 2 aromatic rings. The first-order chi connectivity index (χ1) is 15.0. The lowest BCUT2D eigenvalue weighted by Crippen LogP contribution is -2.42. The number of morpholine rings is 1. The third kappa shape index (κ3) is 4.24. The van der Waals surface area contributed by atoms with Crippen molar-refractivity contribution in [2.75, 3.05) is 39.4 Å². The summed E-state index contributed by atoms with van der Waals surface area (Å²) in [4.78, 5) is 34.0. The summed E-state index contributed by atoms with van der Waals surface area (Å²) >= 11 is 0. The number of aryl methyl sites for hydroxylation is 2. The Morgan fingerprint density at radius 1 is 1.10 bits per heavy atom. The van der Waals surface area contributed by atoms with Crippen molar-refractivity contribution in [3.05, 3.63) is 70.6 Å². The molecule has 0 radical (unpaired) electrons. The molecule has 1 atom stereocenters. The maximum Gasteiger partial charge on any atom is 0.295 e. The van der Waals surface area contributed by atoms with Crippen molar-refractivity contribution in [3.63, 3.8) is 0 Å². The number of amides is 1. The predicted molar refractivity (Wildman–Crippen MR) is 116 cm³/mol. The van der Waals surface area contributed by atoms with E-state index >= 15 is 0 Å². The van der Waals surface area contributed by atoms with Gasteiger partial charge in [0.15, 0.2) is 0 Å². The standard InChI is InChI=1S/C24H27N3O4/c1-16-3-4-17(2)19(15-16)22(28)20-21(18-5-7-25-8-6-18)27(24(30)23(20)29)10-9-26-11-13-31-14-12-26/h3-8,15,21,28H,9-14H2,1-2H3/b22-20-/t21-/m0/s1. The minimum absolute atomic E-state index is 0.129. The highest BCUT2D eigenvalue weighted by Gasteiger charge is 2.46. The van der Waals surface area contributed by atoms with Crippen LogP contribution in [0.1, 0.15) is 28.3 Å². The first-order valence-corrected chi connectivity index (χ1v) is 10.5. The number of ketones is 1. The van der Waals surface area contributed by atoms with Gasteiger partial charge in [-0.1, -0.05) is 17.7 Å². The number of rotatable bonds is 5. The zero-order chi connectivity index (χ0) is 22.0. The fourth-order valence-electron chi connectivity index (χ4n) is 4.21. The molecule has 2 saturated heterocycles. The molecular weight excluding hydrogens is 394 g/mol. The first-order valence-electron chi connectivity index (χ1n) is 10.5. The summed E-state index contributed by atoms with van der Waals surface area (Å²) in [5.74, 6) is -1.36. The number of aliphatic hydroxyl groups excluding tert-OH is 1. The normalized spacial score (nSPS) is 21.6. The largest absolute Gasteiger partial charge is 0.507 e. The van der Waals surface area contributed by atoms with E-state index in [4.69, 9.17) is 4.74 Å². The lowest BCUT2D eigenvalue weighted by molar-refractivity contribution is -0.140. The molecule has 0 bridgehead atoms. The van der Waals surface area contributed by atoms with Gasteiger partial charge in [-0.3, -0.25) is 19.5 Å². The van der Waals surface area contributed by atoms with Crippen LogP contribution in [0.25, 0.3) is 5.76 Å². The second-order valence-electron chi connectivity index (χ2n) is 8.05. The summed E-state index contributed by atoms with van der Waals surface area (Å²) in [7, 11) is 0. The Morgan fingerprint density at radius 2 is 1.81 bits per heavy atom. The number of carbonyl (C=O) groups excluding carboxylic acids is 2. The van der Waals surface area contributed by atoms with E-state index in [0.29, 0.717) is 31.9 Å². The van der Waals surface area contributed by atoms with E-state index in [1.165, 1.54) is 0 Å². The third-order valence-corrected chi connectivity index (χ3v) is 5.97. The Kier molecular flexibility index (Phi) is 6.15. The van der Waals surface area contributed by atoms with E-state index in [0.717, 1.165) is 29.8 Å². The molecule has 3 heterocycles. The Labute approximate surface area is 182 Å². The number of Topliss-reactive ketones (excluding diaryl/α,β-unsaturated/α-hetero) is 1. The van der Waals surface area contributed by atoms with Crippen molar-refractivity contribution in [1.82, 2.24) is 14.8 Å². The highest BCUT2D eigenvalue weighted by atomic mass is 16.5. The number of aromatic nitrogens is 1. The molecule has 4 rings (SSSR count). The second-order valence-corrected chi connectivity index (χ2v) is 8.05. The van der Waals surface area contributed by atoms with Crippen molar-refractivity contribution >= 4 is 17.4 Å². The van der Waals surface area contributed by atoms with E-state index in [9.17, 15) is 14.7 Å². The number of ether oxygens (including phenoxy) is 1. The first kappa shape index (κ1) is 21.2. The molecule has 1 aromatic heterocycles. The van der Waals surface area contributed by atoms with Crippen molar-refractivity contribution in [2.45, 2.75) is 19.9 Å². The predicted octanol–water partition coefficient (Wildman–Crippen LogP) is 2.45. The minimum atomic E-state index is -0.651. The molecule has 0 unspecified atom stereocenters. The van der Waals surface area contributed by atoms with Gasteiger partial charge < -0.3 is 14.7 Å². The van der Waals surface area contributed by atoms with Crippen LogP contribution in [0.15, 0.2) is 48.3 Å². The molecule has 2 aliphatic rings. The van der Waals surface area contributed by atoms with Crippen LogP contribution in [0.2, 0.25) is 0 Å². The van der Waals surface area contributed by atoms with Gasteiger partial charge in [0.25, 0.3) is 11.7 Å². The lowest BCUT2D eigenvalue weighted by Gasteiger charge is -2.31. The molecule has 162 valence electrons. The molecule has 1 aromatic carbocycles. The monoisotopic (exact) mass is 421 g/mol. The van der Waals surface area contributed by atoms with E-state index < -0.39 is 17.7 Å². The van der Waals surface area contributed by atoms with E-state index in [2.05, 4.69) is 9.88 Å². The van der Waals surface area contributed by atoms with Crippen LogP contribution in [0, 0.1) is 13.8 Å². The summed E-state index contributed by atoms with van der Waals surface area (Å²) in [6.45, 7) is 7.77. The van der Waals surface area contributed by atoms with E-state index in [-0.39, 0.29) is 11.3 Å². The van der Waals surface area contributed by atoms with E-state index in [1.807, 2.05) is 32.0 Å². The summed E-state index contributed by atoms with van der Waals surface area (Å²) in [5, 5.41) is 11.2. The molecule has 2 fully saturated rings. The number of aliphatic hydroxyl groups is 1. The van der Waals surface area contributed by atoms with Crippen LogP contribution in [-0.2, 0) is 14.3 Å². The van der Waals surface area contributed by atoms with Crippen LogP contribution in [-0.4, -0.2) is 71.0 Å². The molecule has 0 aliphatic carbocycles. The lowest BCUT2D eigenvalue weighted by atomic mass is 9.94. The third-order valence-electron chi connectivity index (χ3n) is 5.97. The SMILES string of the molecule is Cc1ccc(C)c(/C(O)=C2/C(=O)C(=O)N(CCN3CCOCC3)[C@H]2c2ccncc2)c1. The number of likely N-dealkylation sites (tertiary alicyclic amines) is 1. The van der Waals surface area contributed by atoms with Crippen LogP contribution in [0.5, 0.6) is 0 Å². The van der Waals surface area contributed by atoms with Crippen molar-refractivity contribution in [3.8, 4) is 0 Å². The van der Waals surface area contributed by atoms with Crippen LogP contribution in [0.3, 0.4) is 0 Å². The van der Waals surface area contributed by atoms with Gasteiger partial charge in [-0.25, -0.2) is 0 Å². The molecule has 1 N–H and O–H groups in total. The molecule has 0 spiro atoms. The zero-order valence-electron chi connectivity index (χ0n) is 17.9. The number of hydrogen-bond acceptors (Lipinski definition) is 6. The maximum atomic E-state index is 13.1. The quantitative estimate of drug-likeness (QED) is 0.454. The number of carbonyl (C=O) groups is 2. The van der Waals surface area contributed by atoms with Gasteiger partial charge in [0, 0.05) is 44.1 Å². The highest BCUT2D eigenvalue weighted by molar-refractivity contribution is 6.46. The summed E-state index contributed by atoms with van der Waals surface area (Å²) in [6.07, 6.45) is 3.27. The van der Waals surface area contributed by atoms with Gasteiger partial charge in [-0.2, -0.15) is 0 Å². The zero-order valence-corrected chi connectivity index (χ0v) is 17.9. The summed E-state index contributed by atoms with van der Waals surface area (Å²) < 4.78 is 5.39. The van der Waals surface area contributed by atoms with Gasteiger partial charge in [0.2, 0.25) is 0 Å². The fraction of sp³-hybridized carbons (Fsp3) is 0.375. The maximum absolute atomic E-state index is 13.1. The highest BCUT2D eigenvalue weighted by Crippen LogP contribution is 2.39. The van der Waals surface area contributed by atoms with Gasteiger partial charge in [-0.15, -0.1) is 0 Å². The van der Waals surface area contributed by atoms with Gasteiger partial charge in [0.1, 0.15) is 5.76 Å². The smallest absolute Gasteiger partial charge is 0.295 e. The van der Waals surface area contributed by atoms with Crippen molar-refractivity contribution in [1.29, 1.82) is 0 Å². The van der Waals surface area contributed by atoms with Gasteiger partial charge in [-0.05, 0) is 43.2 Å². The number of pyridine rings is 1. The molecule has 7 heteroatoms. The van der Waals surface area contributed by atoms with Crippen LogP contribution < -0.4 is 0 Å². The molecular formula is C24H27N3O4. The molecule has 7 nitrogen and oxygen atoms in total.